The van der Waals surface area contributed by atoms with Crippen LogP contribution in [0, 0.1) is 5.92 Å². The maximum Gasteiger partial charge on any atom is 0.138 e. The Morgan fingerprint density at radius 1 is 1.29 bits per heavy atom. The first-order chi connectivity index (χ1) is 10.2. The van der Waals surface area contributed by atoms with E-state index in [-0.39, 0.29) is 0 Å². The van der Waals surface area contributed by atoms with Crippen molar-refractivity contribution in [2.24, 2.45) is 5.92 Å². The molecular formula is C18H30N2O. The van der Waals surface area contributed by atoms with Crippen LogP contribution in [-0.4, -0.2) is 17.6 Å². The van der Waals surface area contributed by atoms with Crippen molar-refractivity contribution in [3.63, 3.8) is 0 Å². The largest absolute Gasteiger partial charge is 0.489 e. The number of nitrogens with zero attached hydrogens (tertiary/aromatic N) is 1. The lowest BCUT2D eigenvalue weighted by Gasteiger charge is -2.31. The van der Waals surface area contributed by atoms with Gasteiger partial charge in [-0.1, -0.05) is 20.3 Å². The van der Waals surface area contributed by atoms with Gasteiger partial charge in [0.15, 0.2) is 0 Å². The topological polar surface area (TPSA) is 34.1 Å². The lowest BCUT2D eigenvalue weighted by Crippen LogP contribution is -2.30. The predicted octanol–water partition coefficient (Wildman–Crippen LogP) is 4.49. The Kier molecular flexibility index (Phi) is 6.50. The van der Waals surface area contributed by atoms with Crippen molar-refractivity contribution in [3.8, 4) is 5.75 Å². The summed E-state index contributed by atoms with van der Waals surface area (Å²) >= 11 is 0. The highest BCUT2D eigenvalue weighted by molar-refractivity contribution is 5.21. The van der Waals surface area contributed by atoms with E-state index in [1.807, 2.05) is 6.20 Å². The molecule has 3 heteroatoms. The Morgan fingerprint density at radius 3 is 2.76 bits per heavy atom. The minimum atomic E-state index is 0.303. The number of nitrogens with one attached hydrogen (secondary N) is 1. The number of hydrogen-bond acceptors (Lipinski definition) is 3. The van der Waals surface area contributed by atoms with Crippen LogP contribution < -0.4 is 10.1 Å². The van der Waals surface area contributed by atoms with Crippen LogP contribution in [0.15, 0.2) is 18.3 Å². The highest BCUT2D eigenvalue weighted by atomic mass is 16.5. The second kappa shape index (κ2) is 8.38. The summed E-state index contributed by atoms with van der Waals surface area (Å²) in [4.78, 5) is 4.56. The first-order valence-electron chi connectivity index (χ1n) is 8.60. The highest BCUT2D eigenvalue weighted by Crippen LogP contribution is 2.30. The Labute approximate surface area is 129 Å². The van der Waals surface area contributed by atoms with Gasteiger partial charge in [-0.15, -0.1) is 0 Å². The monoisotopic (exact) mass is 290 g/mol. The summed E-state index contributed by atoms with van der Waals surface area (Å²) in [6.45, 7) is 7.64. The van der Waals surface area contributed by atoms with E-state index in [2.05, 4.69) is 43.2 Å². The summed E-state index contributed by atoms with van der Waals surface area (Å²) in [7, 11) is 0. The number of ether oxygens (including phenoxy) is 1. The molecule has 1 N–H and O–H groups in total. The fourth-order valence-electron chi connectivity index (χ4n) is 3.15. The van der Waals surface area contributed by atoms with Gasteiger partial charge in [0.2, 0.25) is 0 Å². The molecule has 0 aliphatic heterocycles. The van der Waals surface area contributed by atoms with E-state index in [0.29, 0.717) is 18.1 Å². The minimum Gasteiger partial charge on any atom is -0.489 e. The number of hydrogen-bond donors (Lipinski definition) is 1. The highest BCUT2D eigenvalue weighted by Gasteiger charge is 2.25. The molecule has 118 valence electrons. The summed E-state index contributed by atoms with van der Waals surface area (Å²) in [5, 5.41) is 3.46. The van der Waals surface area contributed by atoms with Gasteiger partial charge >= 0.3 is 0 Å². The standard InChI is InChI=1S/C18H30N2O/c1-4-12-19-14(3)17-11-10-16(13-20-17)21-18-9-7-6-8-15(18)5-2/h10-11,13-15,18-19H,4-9,12H2,1-3H3. The molecule has 0 amide bonds. The van der Waals surface area contributed by atoms with Gasteiger partial charge in [0.25, 0.3) is 0 Å². The molecule has 2 rings (SSSR count). The van der Waals surface area contributed by atoms with E-state index in [9.17, 15) is 0 Å². The molecule has 3 nitrogen and oxygen atoms in total. The fraction of sp³-hybridized carbons (Fsp3) is 0.722. The van der Waals surface area contributed by atoms with Crippen molar-refractivity contribution in [2.75, 3.05) is 6.54 Å². The van der Waals surface area contributed by atoms with Crippen molar-refractivity contribution in [3.05, 3.63) is 24.0 Å². The van der Waals surface area contributed by atoms with Crippen molar-refractivity contribution >= 4 is 0 Å². The molecule has 3 atom stereocenters. The van der Waals surface area contributed by atoms with Crippen molar-refractivity contribution in [1.82, 2.24) is 10.3 Å². The molecule has 1 aliphatic rings. The molecule has 1 saturated carbocycles. The van der Waals surface area contributed by atoms with Crippen molar-refractivity contribution in [1.29, 1.82) is 0 Å². The zero-order valence-electron chi connectivity index (χ0n) is 13.8. The SMILES string of the molecule is CCCNC(C)c1ccc(OC2CCCCC2CC)cn1. The average molecular weight is 290 g/mol. The molecule has 3 unspecified atom stereocenters. The van der Waals surface area contributed by atoms with E-state index in [4.69, 9.17) is 4.74 Å². The summed E-state index contributed by atoms with van der Waals surface area (Å²) in [5.74, 6) is 1.63. The summed E-state index contributed by atoms with van der Waals surface area (Å²) < 4.78 is 6.19. The number of pyridine rings is 1. The Morgan fingerprint density at radius 2 is 2.10 bits per heavy atom. The minimum absolute atomic E-state index is 0.303. The van der Waals surface area contributed by atoms with Crippen LogP contribution in [0.3, 0.4) is 0 Å². The van der Waals surface area contributed by atoms with Gasteiger partial charge in [-0.2, -0.15) is 0 Å². The molecule has 1 heterocycles. The third-order valence-electron chi connectivity index (χ3n) is 4.55. The molecule has 21 heavy (non-hydrogen) atoms. The molecule has 1 aromatic rings. The van der Waals surface area contributed by atoms with E-state index in [1.54, 1.807) is 0 Å². The van der Waals surface area contributed by atoms with E-state index in [0.717, 1.165) is 24.4 Å². The van der Waals surface area contributed by atoms with E-state index in [1.165, 1.54) is 32.1 Å². The molecule has 0 saturated heterocycles. The predicted molar refractivity (Wildman–Crippen MR) is 87.6 cm³/mol. The summed E-state index contributed by atoms with van der Waals surface area (Å²) in [6, 6.07) is 4.47. The number of aromatic nitrogens is 1. The lowest BCUT2D eigenvalue weighted by atomic mass is 9.85. The van der Waals surface area contributed by atoms with Gasteiger partial charge in [-0.05, 0) is 63.6 Å². The van der Waals surface area contributed by atoms with Crippen LogP contribution in [0.25, 0.3) is 0 Å². The molecule has 0 bridgehead atoms. The lowest BCUT2D eigenvalue weighted by molar-refractivity contribution is 0.0899. The third-order valence-corrected chi connectivity index (χ3v) is 4.55. The maximum atomic E-state index is 6.19. The van der Waals surface area contributed by atoms with E-state index < -0.39 is 0 Å². The first kappa shape index (κ1) is 16.3. The molecule has 1 fully saturated rings. The number of rotatable bonds is 7. The normalized spacial score (nSPS) is 23.8. The average Bonchev–Trinajstić information content (AvgIpc) is 2.54. The zero-order chi connectivity index (χ0) is 15.1. The van der Waals surface area contributed by atoms with Crippen molar-refractivity contribution < 1.29 is 4.74 Å². The van der Waals surface area contributed by atoms with Gasteiger partial charge in [0.05, 0.1) is 11.9 Å². The second-order valence-corrected chi connectivity index (χ2v) is 6.20. The van der Waals surface area contributed by atoms with Gasteiger partial charge < -0.3 is 10.1 Å². The molecule has 0 spiro atoms. The van der Waals surface area contributed by atoms with Crippen molar-refractivity contribution in [2.45, 2.75) is 71.4 Å². The van der Waals surface area contributed by atoms with Crippen LogP contribution >= 0.6 is 0 Å². The van der Waals surface area contributed by atoms with Gasteiger partial charge in [0.1, 0.15) is 11.9 Å². The van der Waals surface area contributed by atoms with Gasteiger partial charge in [0, 0.05) is 6.04 Å². The zero-order valence-corrected chi connectivity index (χ0v) is 13.8. The quantitative estimate of drug-likeness (QED) is 0.803. The molecule has 1 aliphatic carbocycles. The molecule has 1 aromatic heterocycles. The first-order valence-corrected chi connectivity index (χ1v) is 8.60. The van der Waals surface area contributed by atoms with Gasteiger partial charge in [-0.3, -0.25) is 4.98 Å². The van der Waals surface area contributed by atoms with Crippen LogP contribution in [0.5, 0.6) is 5.75 Å². The molecule has 0 radical (unpaired) electrons. The van der Waals surface area contributed by atoms with Crippen LogP contribution in [0.4, 0.5) is 0 Å². The van der Waals surface area contributed by atoms with Gasteiger partial charge in [-0.25, -0.2) is 0 Å². The van der Waals surface area contributed by atoms with E-state index >= 15 is 0 Å². The molecular weight excluding hydrogens is 260 g/mol. The molecule has 0 aromatic carbocycles. The Balaban J connectivity index is 1.92. The smallest absolute Gasteiger partial charge is 0.138 e. The second-order valence-electron chi connectivity index (χ2n) is 6.20. The Bertz CT molecular complexity index is 404. The van der Waals surface area contributed by atoms with Crippen LogP contribution in [0.2, 0.25) is 0 Å². The van der Waals surface area contributed by atoms with Crippen LogP contribution in [0.1, 0.15) is 71.0 Å². The third kappa shape index (κ3) is 4.70. The Hall–Kier alpha value is -1.09. The fourth-order valence-corrected chi connectivity index (χ4v) is 3.15. The summed E-state index contributed by atoms with van der Waals surface area (Å²) in [6.07, 6.45) is 9.79. The maximum absolute atomic E-state index is 6.19. The summed E-state index contributed by atoms with van der Waals surface area (Å²) in [5.41, 5.74) is 1.09. The van der Waals surface area contributed by atoms with Crippen LogP contribution in [-0.2, 0) is 0 Å².